The average molecular weight is 258 g/mol. The summed E-state index contributed by atoms with van der Waals surface area (Å²) in [6, 6.07) is 7.73. The van der Waals surface area contributed by atoms with E-state index in [2.05, 4.69) is 42.3 Å². The van der Waals surface area contributed by atoms with Crippen LogP contribution in [0.15, 0.2) is 18.2 Å². The van der Waals surface area contributed by atoms with E-state index in [-0.39, 0.29) is 0 Å². The van der Waals surface area contributed by atoms with Crippen molar-refractivity contribution < 1.29 is 0 Å². The highest BCUT2D eigenvalue weighted by Crippen LogP contribution is 2.40. The molecule has 1 saturated carbocycles. The molecule has 0 bridgehead atoms. The van der Waals surface area contributed by atoms with Crippen LogP contribution in [0.3, 0.4) is 0 Å². The van der Waals surface area contributed by atoms with Gasteiger partial charge in [-0.2, -0.15) is 0 Å². The lowest BCUT2D eigenvalue weighted by atomic mass is 9.95. The first-order chi connectivity index (χ1) is 9.24. The van der Waals surface area contributed by atoms with Gasteiger partial charge in [0.15, 0.2) is 0 Å². The quantitative estimate of drug-likeness (QED) is 0.893. The minimum absolute atomic E-state index is 0.647. The summed E-state index contributed by atoms with van der Waals surface area (Å²) in [5.41, 5.74) is 4.39. The zero-order valence-corrected chi connectivity index (χ0v) is 12.3. The van der Waals surface area contributed by atoms with Gasteiger partial charge in [0, 0.05) is 32.2 Å². The minimum Gasteiger partial charge on any atom is -0.314 e. The number of piperazine rings is 1. The molecule has 1 atom stereocenters. The number of nitrogens with zero attached hydrogens (tertiary/aromatic N) is 1. The van der Waals surface area contributed by atoms with E-state index in [1.807, 2.05) is 0 Å². The predicted molar refractivity (Wildman–Crippen MR) is 80.4 cm³/mol. The Morgan fingerprint density at radius 1 is 1.16 bits per heavy atom. The van der Waals surface area contributed by atoms with Gasteiger partial charge in [-0.05, 0) is 42.9 Å². The second kappa shape index (κ2) is 5.64. The molecule has 2 fully saturated rings. The maximum Gasteiger partial charge on any atom is 0.0351 e. The highest BCUT2D eigenvalue weighted by atomic mass is 15.2. The third-order valence-electron chi connectivity index (χ3n) is 4.76. The predicted octanol–water partition coefficient (Wildman–Crippen LogP) is 3.05. The van der Waals surface area contributed by atoms with Crippen LogP contribution in [0.2, 0.25) is 0 Å². The van der Waals surface area contributed by atoms with Gasteiger partial charge in [0.25, 0.3) is 0 Å². The van der Waals surface area contributed by atoms with Gasteiger partial charge in [-0.15, -0.1) is 0 Å². The third-order valence-corrected chi connectivity index (χ3v) is 4.76. The Labute approximate surface area is 117 Å². The molecule has 2 heteroatoms. The van der Waals surface area contributed by atoms with Gasteiger partial charge in [-0.25, -0.2) is 0 Å². The van der Waals surface area contributed by atoms with Crippen LogP contribution >= 0.6 is 0 Å². The van der Waals surface area contributed by atoms with Gasteiger partial charge >= 0.3 is 0 Å². The molecule has 1 aliphatic carbocycles. The van der Waals surface area contributed by atoms with Crippen molar-refractivity contribution in [2.45, 2.75) is 39.2 Å². The fourth-order valence-electron chi connectivity index (χ4n) is 3.13. The van der Waals surface area contributed by atoms with E-state index in [9.17, 15) is 0 Å². The summed E-state index contributed by atoms with van der Waals surface area (Å²) in [5.74, 6) is 0.987. The van der Waals surface area contributed by atoms with Gasteiger partial charge in [-0.3, -0.25) is 4.90 Å². The number of hydrogen-bond acceptors (Lipinski definition) is 2. The Morgan fingerprint density at radius 2 is 1.89 bits per heavy atom. The van der Waals surface area contributed by atoms with E-state index in [1.165, 1.54) is 49.0 Å². The second-order valence-electron chi connectivity index (χ2n) is 6.32. The summed E-state index contributed by atoms with van der Waals surface area (Å²) < 4.78 is 0. The molecule has 0 radical (unpaired) electrons. The fourth-order valence-corrected chi connectivity index (χ4v) is 3.13. The zero-order valence-electron chi connectivity index (χ0n) is 12.3. The van der Waals surface area contributed by atoms with Gasteiger partial charge in [0.1, 0.15) is 0 Å². The molecule has 0 unspecified atom stereocenters. The largest absolute Gasteiger partial charge is 0.314 e. The maximum atomic E-state index is 3.47. The van der Waals surface area contributed by atoms with Gasteiger partial charge < -0.3 is 5.32 Å². The minimum atomic E-state index is 0.647. The molecule has 104 valence electrons. The summed E-state index contributed by atoms with van der Waals surface area (Å²) in [4.78, 5) is 2.69. The van der Waals surface area contributed by atoms with E-state index in [4.69, 9.17) is 0 Å². The van der Waals surface area contributed by atoms with E-state index in [0.717, 1.165) is 19.0 Å². The van der Waals surface area contributed by atoms with E-state index < -0.39 is 0 Å². The molecule has 3 rings (SSSR count). The molecule has 0 aromatic heterocycles. The Morgan fingerprint density at radius 3 is 2.53 bits per heavy atom. The van der Waals surface area contributed by atoms with Crippen LogP contribution < -0.4 is 5.32 Å². The fraction of sp³-hybridized carbons (Fsp3) is 0.647. The number of hydrogen-bond donors (Lipinski definition) is 1. The van der Waals surface area contributed by atoms with Crippen molar-refractivity contribution in [2.75, 3.05) is 26.2 Å². The Hall–Kier alpha value is -0.860. The maximum absolute atomic E-state index is 3.47. The first-order valence-corrected chi connectivity index (χ1v) is 7.76. The SMILES string of the molecule is Cc1ccc([C@@H](CC2CC2)N2CCNCC2)cc1C. The lowest BCUT2D eigenvalue weighted by Crippen LogP contribution is -2.45. The highest BCUT2D eigenvalue weighted by Gasteiger charge is 2.30. The summed E-state index contributed by atoms with van der Waals surface area (Å²) >= 11 is 0. The topological polar surface area (TPSA) is 15.3 Å². The van der Waals surface area contributed by atoms with Crippen LogP contribution in [0.1, 0.15) is 42.0 Å². The van der Waals surface area contributed by atoms with Crippen molar-refractivity contribution in [3.63, 3.8) is 0 Å². The standard InChI is InChI=1S/C17H26N2/c1-13-3-6-16(11-14(13)2)17(12-15-4-5-15)19-9-7-18-8-10-19/h3,6,11,15,17-18H,4-5,7-10,12H2,1-2H3/t17-/m1/s1. The van der Waals surface area contributed by atoms with Crippen LogP contribution in [0, 0.1) is 19.8 Å². The molecule has 2 aliphatic rings. The van der Waals surface area contributed by atoms with Crippen molar-refractivity contribution in [1.82, 2.24) is 10.2 Å². The van der Waals surface area contributed by atoms with Crippen molar-refractivity contribution in [2.24, 2.45) is 5.92 Å². The van der Waals surface area contributed by atoms with Crippen LogP contribution in [0.4, 0.5) is 0 Å². The molecule has 1 heterocycles. The number of rotatable bonds is 4. The molecule has 0 amide bonds. The molecule has 1 saturated heterocycles. The summed E-state index contributed by atoms with van der Waals surface area (Å²) in [5, 5.41) is 3.47. The summed E-state index contributed by atoms with van der Waals surface area (Å²) in [6.07, 6.45) is 4.27. The molecule has 19 heavy (non-hydrogen) atoms. The zero-order chi connectivity index (χ0) is 13.2. The van der Waals surface area contributed by atoms with Gasteiger partial charge in [-0.1, -0.05) is 31.0 Å². The summed E-state index contributed by atoms with van der Waals surface area (Å²) in [6.45, 7) is 9.14. The lowest BCUT2D eigenvalue weighted by Gasteiger charge is -2.35. The van der Waals surface area contributed by atoms with Crippen molar-refractivity contribution in [3.8, 4) is 0 Å². The Balaban J connectivity index is 1.81. The molecule has 1 aromatic carbocycles. The monoisotopic (exact) mass is 258 g/mol. The molecule has 1 aliphatic heterocycles. The average Bonchev–Trinajstić information content (AvgIpc) is 3.24. The van der Waals surface area contributed by atoms with Crippen molar-refractivity contribution in [1.29, 1.82) is 0 Å². The number of benzene rings is 1. The molecular formula is C17H26N2. The molecule has 2 nitrogen and oxygen atoms in total. The first kappa shape index (κ1) is 13.1. The van der Waals surface area contributed by atoms with E-state index in [0.29, 0.717) is 6.04 Å². The number of nitrogens with one attached hydrogen (secondary N) is 1. The van der Waals surface area contributed by atoms with Crippen LogP contribution in [0.5, 0.6) is 0 Å². The Bertz CT molecular complexity index is 431. The first-order valence-electron chi connectivity index (χ1n) is 7.76. The van der Waals surface area contributed by atoms with Crippen LogP contribution in [0.25, 0.3) is 0 Å². The molecule has 1 aromatic rings. The van der Waals surface area contributed by atoms with Crippen LogP contribution in [-0.4, -0.2) is 31.1 Å². The Kier molecular flexibility index (Phi) is 3.90. The smallest absolute Gasteiger partial charge is 0.0351 e. The second-order valence-corrected chi connectivity index (χ2v) is 6.32. The van der Waals surface area contributed by atoms with Gasteiger partial charge in [0.05, 0.1) is 0 Å². The third kappa shape index (κ3) is 3.18. The normalized spacial score (nSPS) is 22.4. The van der Waals surface area contributed by atoms with Crippen LogP contribution in [-0.2, 0) is 0 Å². The molecular weight excluding hydrogens is 232 g/mol. The molecule has 0 spiro atoms. The van der Waals surface area contributed by atoms with Gasteiger partial charge in [0.2, 0.25) is 0 Å². The highest BCUT2D eigenvalue weighted by molar-refractivity contribution is 5.32. The number of aryl methyl sites for hydroxylation is 2. The van der Waals surface area contributed by atoms with E-state index >= 15 is 0 Å². The molecule has 1 N–H and O–H groups in total. The summed E-state index contributed by atoms with van der Waals surface area (Å²) in [7, 11) is 0. The van der Waals surface area contributed by atoms with Crippen molar-refractivity contribution >= 4 is 0 Å². The van der Waals surface area contributed by atoms with Crippen molar-refractivity contribution in [3.05, 3.63) is 34.9 Å². The lowest BCUT2D eigenvalue weighted by molar-refractivity contribution is 0.160. The van der Waals surface area contributed by atoms with E-state index in [1.54, 1.807) is 0 Å².